The predicted octanol–water partition coefficient (Wildman–Crippen LogP) is 5.14. The molecule has 0 unspecified atom stereocenters. The summed E-state index contributed by atoms with van der Waals surface area (Å²) in [6, 6.07) is 22.1. The number of hydrogen-bond acceptors (Lipinski definition) is 5. The second-order valence-electron chi connectivity index (χ2n) is 9.89. The van der Waals surface area contributed by atoms with E-state index in [-0.39, 0.29) is 24.3 Å². The summed E-state index contributed by atoms with van der Waals surface area (Å²) in [5, 5.41) is 11.5. The summed E-state index contributed by atoms with van der Waals surface area (Å²) in [6.07, 6.45) is 6.68. The smallest absolute Gasteiger partial charge is 0.247 e. The number of aromatic nitrogens is 3. The molecule has 0 fully saturated rings. The molecule has 5 rings (SSSR count). The van der Waals surface area contributed by atoms with Crippen molar-refractivity contribution >= 4 is 28.5 Å². The quantitative estimate of drug-likeness (QED) is 0.307. The maximum absolute atomic E-state index is 14.1. The zero-order chi connectivity index (χ0) is 27.2. The second kappa shape index (κ2) is 11.9. The van der Waals surface area contributed by atoms with E-state index in [9.17, 15) is 9.59 Å². The topological polar surface area (TPSA) is 89.4 Å². The van der Waals surface area contributed by atoms with Crippen LogP contribution in [0.1, 0.15) is 30.4 Å². The number of para-hydroxylation sites is 1. The molecule has 200 valence electrons. The zero-order valence-corrected chi connectivity index (χ0v) is 22.3. The summed E-state index contributed by atoms with van der Waals surface area (Å²) < 4.78 is 6.87. The molecule has 8 nitrogen and oxygen atoms in total. The first-order valence-electron chi connectivity index (χ1n) is 13.3. The average Bonchev–Trinajstić information content (AvgIpc) is 3.37. The molecule has 2 amide bonds. The molecular weight excluding hydrogens is 490 g/mol. The highest BCUT2D eigenvalue weighted by atomic mass is 16.5. The van der Waals surface area contributed by atoms with Gasteiger partial charge in [-0.3, -0.25) is 9.59 Å². The van der Waals surface area contributed by atoms with E-state index in [1.165, 1.54) is 0 Å². The highest BCUT2D eigenvalue weighted by molar-refractivity contribution is 5.97. The predicted molar refractivity (Wildman–Crippen MR) is 151 cm³/mol. The molecule has 3 aromatic carbocycles. The highest BCUT2D eigenvalue weighted by Crippen LogP contribution is 2.29. The van der Waals surface area contributed by atoms with Crippen LogP contribution in [0.2, 0.25) is 0 Å². The maximum atomic E-state index is 14.1. The van der Waals surface area contributed by atoms with Gasteiger partial charge >= 0.3 is 0 Å². The maximum Gasteiger partial charge on any atom is 0.247 e. The summed E-state index contributed by atoms with van der Waals surface area (Å²) in [6.45, 7) is 2.33. The van der Waals surface area contributed by atoms with Gasteiger partial charge in [0.15, 0.2) is 0 Å². The van der Waals surface area contributed by atoms with Gasteiger partial charge in [-0.05, 0) is 79.6 Å². The number of anilines is 1. The first-order valence-corrected chi connectivity index (χ1v) is 13.3. The van der Waals surface area contributed by atoms with Crippen LogP contribution in [0.25, 0.3) is 11.0 Å². The van der Waals surface area contributed by atoms with Crippen LogP contribution < -0.4 is 10.1 Å². The Morgan fingerprint density at radius 2 is 1.82 bits per heavy atom. The van der Waals surface area contributed by atoms with Crippen molar-refractivity contribution in [2.75, 3.05) is 12.4 Å². The minimum Gasteiger partial charge on any atom is -0.497 e. The Bertz CT molecular complexity index is 1480. The molecule has 0 saturated carbocycles. The Balaban J connectivity index is 1.50. The number of methoxy groups -OCH3 is 1. The summed E-state index contributed by atoms with van der Waals surface area (Å²) in [7, 11) is 1.60. The van der Waals surface area contributed by atoms with Crippen LogP contribution >= 0.6 is 0 Å². The number of amides is 2. The van der Waals surface area contributed by atoms with E-state index in [4.69, 9.17) is 4.74 Å². The second-order valence-corrected chi connectivity index (χ2v) is 9.89. The molecule has 1 heterocycles. The Morgan fingerprint density at radius 3 is 2.56 bits per heavy atom. The summed E-state index contributed by atoms with van der Waals surface area (Å²) in [4.78, 5) is 29.9. The number of benzene rings is 3. The van der Waals surface area contributed by atoms with Gasteiger partial charge in [0.2, 0.25) is 11.8 Å². The lowest BCUT2D eigenvalue weighted by molar-refractivity contribution is -0.142. The van der Waals surface area contributed by atoms with Crippen LogP contribution in [0.3, 0.4) is 0 Å². The Morgan fingerprint density at radius 1 is 1.05 bits per heavy atom. The molecule has 0 aliphatic heterocycles. The minimum absolute atomic E-state index is 0.0126. The van der Waals surface area contributed by atoms with Crippen LogP contribution in [0.4, 0.5) is 5.69 Å². The Labute approximate surface area is 228 Å². The number of aryl methyl sites for hydroxylation is 1. The number of fused-ring (bicyclic) bond motifs is 1. The SMILES string of the molecule is COc1ccc(NC(=O)[C@@H]([C@H]2CC=CCC2)N(Cc2ccccc2C)C(=O)Cn2nnc3ccccc32)cc1. The van der Waals surface area contributed by atoms with Gasteiger partial charge in [0.25, 0.3) is 0 Å². The van der Waals surface area contributed by atoms with Crippen molar-refractivity contribution in [3.05, 3.63) is 96.1 Å². The van der Waals surface area contributed by atoms with Crippen LogP contribution in [-0.2, 0) is 22.7 Å². The standard InChI is InChI=1S/C31H33N5O3/c1-22-10-6-7-13-24(22)20-35(29(37)21-36-28-15-9-8-14-27(28)33-34-36)30(23-11-4-3-5-12-23)31(38)32-25-16-18-26(39-2)19-17-25/h3-4,6-10,13-19,23,30H,5,11-12,20-21H2,1-2H3,(H,32,38)/t23-,30+/m0/s1. The van der Waals surface area contributed by atoms with Crippen molar-refractivity contribution in [3.63, 3.8) is 0 Å². The molecule has 0 saturated heterocycles. The molecule has 1 N–H and O–H groups in total. The van der Waals surface area contributed by atoms with Crippen molar-refractivity contribution in [1.29, 1.82) is 0 Å². The van der Waals surface area contributed by atoms with Crippen molar-refractivity contribution in [2.45, 2.75) is 45.3 Å². The number of carbonyl (C=O) groups excluding carboxylic acids is 2. The van der Waals surface area contributed by atoms with Gasteiger partial charge in [-0.15, -0.1) is 5.10 Å². The van der Waals surface area contributed by atoms with Crippen LogP contribution in [0.5, 0.6) is 5.75 Å². The third kappa shape index (κ3) is 6.00. The molecule has 0 spiro atoms. The van der Waals surface area contributed by atoms with Gasteiger partial charge in [-0.1, -0.05) is 53.8 Å². The van der Waals surface area contributed by atoms with E-state index >= 15 is 0 Å². The Hall–Kier alpha value is -4.46. The molecule has 2 atom stereocenters. The number of carbonyl (C=O) groups is 2. The minimum atomic E-state index is -0.668. The molecule has 4 aromatic rings. The fourth-order valence-corrected chi connectivity index (χ4v) is 5.17. The van der Waals surface area contributed by atoms with Gasteiger partial charge < -0.3 is 15.0 Å². The number of hydrogen-bond donors (Lipinski definition) is 1. The van der Waals surface area contributed by atoms with Crippen molar-refractivity contribution in [3.8, 4) is 5.75 Å². The lowest BCUT2D eigenvalue weighted by Crippen LogP contribution is -2.52. The van der Waals surface area contributed by atoms with Crippen molar-refractivity contribution in [2.24, 2.45) is 5.92 Å². The van der Waals surface area contributed by atoms with Crippen molar-refractivity contribution < 1.29 is 14.3 Å². The van der Waals surface area contributed by atoms with E-state index in [1.54, 1.807) is 28.8 Å². The molecular formula is C31H33N5O3. The van der Waals surface area contributed by atoms with Crippen molar-refractivity contribution in [1.82, 2.24) is 19.9 Å². The van der Waals surface area contributed by atoms with Crippen LogP contribution in [-0.4, -0.2) is 44.9 Å². The number of ether oxygens (including phenoxy) is 1. The van der Waals surface area contributed by atoms with E-state index in [2.05, 4.69) is 27.8 Å². The normalized spacial score (nSPS) is 15.6. The van der Waals surface area contributed by atoms with E-state index in [0.29, 0.717) is 18.0 Å². The molecule has 8 heteroatoms. The van der Waals surface area contributed by atoms with E-state index < -0.39 is 6.04 Å². The monoisotopic (exact) mass is 523 g/mol. The van der Waals surface area contributed by atoms with Gasteiger partial charge in [0.1, 0.15) is 23.9 Å². The first kappa shape index (κ1) is 26.2. The molecule has 1 aromatic heterocycles. The van der Waals surface area contributed by atoms with E-state index in [1.807, 2.05) is 67.6 Å². The lowest BCUT2D eigenvalue weighted by Gasteiger charge is -2.37. The summed E-state index contributed by atoms with van der Waals surface area (Å²) in [5.74, 6) is 0.302. The van der Waals surface area contributed by atoms with Crippen LogP contribution in [0, 0.1) is 12.8 Å². The summed E-state index contributed by atoms with van der Waals surface area (Å²) in [5.41, 5.74) is 4.23. The third-order valence-electron chi connectivity index (χ3n) is 7.35. The van der Waals surface area contributed by atoms with Gasteiger partial charge in [0.05, 0.1) is 12.6 Å². The fraction of sp³-hybridized carbons (Fsp3) is 0.290. The first-order chi connectivity index (χ1) is 19.0. The molecule has 1 aliphatic rings. The number of allylic oxidation sites excluding steroid dienone is 2. The summed E-state index contributed by atoms with van der Waals surface area (Å²) >= 11 is 0. The van der Waals surface area contributed by atoms with Gasteiger partial charge in [-0.25, -0.2) is 4.68 Å². The van der Waals surface area contributed by atoms with Gasteiger partial charge in [-0.2, -0.15) is 0 Å². The number of nitrogens with one attached hydrogen (secondary N) is 1. The lowest BCUT2D eigenvalue weighted by atomic mass is 9.85. The zero-order valence-electron chi connectivity index (χ0n) is 22.3. The fourth-order valence-electron chi connectivity index (χ4n) is 5.17. The largest absolute Gasteiger partial charge is 0.497 e. The number of nitrogens with zero attached hydrogens (tertiary/aromatic N) is 4. The average molecular weight is 524 g/mol. The highest BCUT2D eigenvalue weighted by Gasteiger charge is 2.37. The molecule has 0 radical (unpaired) electrons. The third-order valence-corrected chi connectivity index (χ3v) is 7.35. The van der Waals surface area contributed by atoms with Gasteiger partial charge in [0, 0.05) is 12.2 Å². The number of rotatable bonds is 9. The van der Waals surface area contributed by atoms with E-state index in [0.717, 1.165) is 41.4 Å². The van der Waals surface area contributed by atoms with Crippen LogP contribution in [0.15, 0.2) is 84.9 Å². The molecule has 1 aliphatic carbocycles. The Kier molecular flexibility index (Phi) is 8.01. The molecule has 0 bridgehead atoms. The molecule has 39 heavy (non-hydrogen) atoms.